The number of piperidine rings is 2. The third-order valence-electron chi connectivity index (χ3n) is 6.71. The summed E-state index contributed by atoms with van der Waals surface area (Å²) < 4.78 is 5.09. The number of nitrogens with two attached hydrogens (primary N) is 2. The van der Waals surface area contributed by atoms with Crippen molar-refractivity contribution in [2.75, 3.05) is 18.8 Å². The summed E-state index contributed by atoms with van der Waals surface area (Å²) in [5.74, 6) is 0.378. The van der Waals surface area contributed by atoms with E-state index in [0.29, 0.717) is 11.3 Å². The number of hydrogen-bond acceptors (Lipinski definition) is 7. The molecule has 8 nitrogen and oxygen atoms in total. The molecule has 2 aliphatic heterocycles. The van der Waals surface area contributed by atoms with Gasteiger partial charge in [-0.15, -0.1) is 0 Å². The lowest BCUT2D eigenvalue weighted by Crippen LogP contribution is -2.39. The molecule has 2 aromatic carbocycles. The Morgan fingerprint density at radius 2 is 1.51 bits per heavy atom. The van der Waals surface area contributed by atoms with Crippen LogP contribution in [-0.2, 0) is 0 Å². The van der Waals surface area contributed by atoms with Crippen molar-refractivity contribution in [3.05, 3.63) is 58.7 Å². The molecular weight excluding hydrogens is 444 g/mol. The number of aliphatic hydroxyl groups excluding tert-OH is 2. The molecule has 2 fully saturated rings. The lowest BCUT2D eigenvalue weighted by atomic mass is 9.92. The second-order valence-corrected chi connectivity index (χ2v) is 9.59. The van der Waals surface area contributed by atoms with Crippen LogP contribution in [0.5, 0.6) is 5.75 Å². The molecule has 4 unspecified atom stereocenters. The number of ether oxygens (including phenoxy) is 1. The van der Waals surface area contributed by atoms with Crippen LogP contribution in [-0.4, -0.2) is 41.5 Å². The zero-order valence-corrected chi connectivity index (χ0v) is 20.8. The normalized spacial score (nSPS) is 21.8. The van der Waals surface area contributed by atoms with E-state index in [1.54, 1.807) is 0 Å². The highest BCUT2D eigenvalue weighted by Gasteiger charge is 2.27. The number of hydrogen-bond donors (Lipinski definition) is 6. The van der Waals surface area contributed by atoms with Crippen LogP contribution in [0.2, 0.25) is 0 Å². The van der Waals surface area contributed by atoms with Crippen LogP contribution in [0.1, 0.15) is 73.0 Å². The van der Waals surface area contributed by atoms with E-state index in [1.165, 1.54) is 12.8 Å². The molecule has 4 rings (SSSR count). The highest BCUT2D eigenvalue weighted by molar-refractivity contribution is 5.69. The van der Waals surface area contributed by atoms with Crippen LogP contribution in [0.4, 0.5) is 10.5 Å². The smallest absolute Gasteiger partial charge is 0.409 e. The number of nitrogen functional groups attached to an aromatic ring is 1. The summed E-state index contributed by atoms with van der Waals surface area (Å²) >= 11 is 0. The molecular formula is C27H40N4O4. The topological polar surface area (TPSA) is 143 Å². The molecule has 192 valence electrons. The van der Waals surface area contributed by atoms with Crippen LogP contribution in [0, 0.1) is 13.8 Å². The van der Waals surface area contributed by atoms with Crippen LogP contribution in [0.25, 0.3) is 0 Å². The highest BCUT2D eigenvalue weighted by Crippen LogP contribution is 2.34. The third-order valence-corrected chi connectivity index (χ3v) is 6.71. The third kappa shape index (κ3) is 7.67. The number of rotatable bonds is 5. The Morgan fingerprint density at radius 1 is 0.943 bits per heavy atom. The predicted molar refractivity (Wildman–Crippen MR) is 138 cm³/mol. The molecule has 0 saturated carbocycles. The quantitative estimate of drug-likeness (QED) is 0.357. The monoisotopic (exact) mass is 484 g/mol. The minimum Gasteiger partial charge on any atom is -0.410 e. The average molecular weight is 485 g/mol. The van der Waals surface area contributed by atoms with E-state index < -0.39 is 18.3 Å². The van der Waals surface area contributed by atoms with Gasteiger partial charge in [0.1, 0.15) is 5.75 Å². The van der Waals surface area contributed by atoms with E-state index in [2.05, 4.69) is 10.6 Å². The molecule has 0 bridgehead atoms. The van der Waals surface area contributed by atoms with Crippen molar-refractivity contribution in [3.63, 3.8) is 0 Å². The first kappa shape index (κ1) is 26.9. The van der Waals surface area contributed by atoms with Gasteiger partial charge in [-0.25, -0.2) is 4.79 Å². The van der Waals surface area contributed by atoms with Crippen molar-refractivity contribution in [3.8, 4) is 5.75 Å². The summed E-state index contributed by atoms with van der Waals surface area (Å²) in [6.45, 7) is 5.70. The van der Waals surface area contributed by atoms with E-state index in [4.69, 9.17) is 16.2 Å². The van der Waals surface area contributed by atoms with Crippen LogP contribution < -0.4 is 26.8 Å². The Hall–Kier alpha value is -2.65. The maximum absolute atomic E-state index is 11.1. The van der Waals surface area contributed by atoms with Gasteiger partial charge >= 0.3 is 6.09 Å². The Labute approximate surface area is 208 Å². The molecule has 2 saturated heterocycles. The Bertz CT molecular complexity index is 954. The molecule has 2 aromatic rings. The summed E-state index contributed by atoms with van der Waals surface area (Å²) in [7, 11) is 0. The first-order chi connectivity index (χ1) is 16.8. The molecule has 35 heavy (non-hydrogen) atoms. The van der Waals surface area contributed by atoms with Gasteiger partial charge in [-0.1, -0.05) is 36.6 Å². The zero-order valence-electron chi connectivity index (χ0n) is 20.8. The lowest BCUT2D eigenvalue weighted by Gasteiger charge is -2.29. The molecule has 0 aromatic heterocycles. The van der Waals surface area contributed by atoms with Gasteiger partial charge in [0, 0.05) is 23.3 Å². The number of amides is 1. The van der Waals surface area contributed by atoms with Gasteiger partial charge in [0.15, 0.2) is 0 Å². The average Bonchev–Trinajstić information content (AvgIpc) is 2.86. The number of aliphatic hydroxyl groups is 2. The van der Waals surface area contributed by atoms with Crippen molar-refractivity contribution in [1.82, 2.24) is 10.6 Å². The number of nitrogens with one attached hydrogen (secondary N) is 2. The van der Waals surface area contributed by atoms with Crippen molar-refractivity contribution in [2.45, 2.75) is 76.7 Å². The van der Waals surface area contributed by atoms with Crippen LogP contribution in [0.3, 0.4) is 0 Å². The summed E-state index contributed by atoms with van der Waals surface area (Å²) in [6, 6.07) is 11.4. The Morgan fingerprint density at radius 3 is 2.03 bits per heavy atom. The molecule has 1 amide bonds. The highest BCUT2D eigenvalue weighted by atomic mass is 16.5. The molecule has 8 heteroatoms. The van der Waals surface area contributed by atoms with Gasteiger partial charge < -0.3 is 37.1 Å². The first-order valence-electron chi connectivity index (χ1n) is 12.5. The zero-order chi connectivity index (χ0) is 25.4. The summed E-state index contributed by atoms with van der Waals surface area (Å²) in [5, 5.41) is 27.4. The van der Waals surface area contributed by atoms with Gasteiger partial charge in [0.05, 0.1) is 12.2 Å². The fourth-order valence-electron chi connectivity index (χ4n) is 4.89. The fraction of sp³-hybridized carbons (Fsp3) is 0.519. The molecule has 2 heterocycles. The lowest BCUT2D eigenvalue weighted by molar-refractivity contribution is 0.111. The summed E-state index contributed by atoms with van der Waals surface area (Å²) in [6.07, 6.45) is 4.60. The second-order valence-electron chi connectivity index (χ2n) is 9.59. The number of anilines is 1. The van der Waals surface area contributed by atoms with E-state index in [9.17, 15) is 15.0 Å². The van der Waals surface area contributed by atoms with Gasteiger partial charge in [-0.3, -0.25) is 0 Å². The van der Waals surface area contributed by atoms with Gasteiger partial charge in [0.25, 0.3) is 0 Å². The molecule has 0 radical (unpaired) electrons. The van der Waals surface area contributed by atoms with Crippen molar-refractivity contribution in [2.24, 2.45) is 5.73 Å². The number of aryl methyl sites for hydroxylation is 2. The van der Waals surface area contributed by atoms with Gasteiger partial charge in [-0.05, 0) is 81.9 Å². The van der Waals surface area contributed by atoms with E-state index >= 15 is 0 Å². The Balaban J connectivity index is 0.000000203. The molecule has 8 N–H and O–H groups in total. The second kappa shape index (κ2) is 12.9. The molecule has 2 aliphatic rings. The summed E-state index contributed by atoms with van der Waals surface area (Å²) in [4.78, 5) is 11.1. The summed E-state index contributed by atoms with van der Waals surface area (Å²) in [5.41, 5.74) is 14.9. The Kier molecular flexibility index (Phi) is 9.92. The maximum Gasteiger partial charge on any atom is 0.409 e. The number of primary amides is 1. The van der Waals surface area contributed by atoms with E-state index in [-0.39, 0.29) is 12.1 Å². The number of carbonyl (C=O) groups excluding carboxylic acids is 1. The minimum atomic E-state index is -0.859. The van der Waals surface area contributed by atoms with Crippen molar-refractivity contribution in [1.29, 1.82) is 0 Å². The number of carbonyl (C=O) groups is 1. The van der Waals surface area contributed by atoms with Crippen molar-refractivity contribution < 1.29 is 19.7 Å². The molecule has 0 aliphatic carbocycles. The minimum absolute atomic E-state index is 0.0137. The first-order valence-corrected chi connectivity index (χ1v) is 12.5. The SMILES string of the molecule is Cc1cc(C)c(OC(N)=O)c(C(O)C2CCCCN2)c1.Nc1ccc(C(O)C2CCCCN2)cc1. The van der Waals surface area contributed by atoms with Crippen LogP contribution in [0.15, 0.2) is 36.4 Å². The van der Waals surface area contributed by atoms with E-state index in [1.807, 2.05) is 50.2 Å². The molecule has 4 atom stereocenters. The van der Waals surface area contributed by atoms with E-state index in [0.717, 1.165) is 61.2 Å². The predicted octanol–water partition coefficient (Wildman–Crippen LogP) is 3.38. The van der Waals surface area contributed by atoms with Gasteiger partial charge in [-0.2, -0.15) is 0 Å². The fourth-order valence-corrected chi connectivity index (χ4v) is 4.89. The molecule has 0 spiro atoms. The maximum atomic E-state index is 11.1. The van der Waals surface area contributed by atoms with Gasteiger partial charge in [0.2, 0.25) is 0 Å². The van der Waals surface area contributed by atoms with Crippen LogP contribution >= 0.6 is 0 Å². The van der Waals surface area contributed by atoms with Crippen molar-refractivity contribution >= 4 is 11.8 Å². The largest absolute Gasteiger partial charge is 0.410 e. The standard InChI is InChI=1S/C15H22N2O3.C12H18N2O/c1-9-7-10(2)14(20-15(16)19)11(8-9)13(18)12-5-3-4-6-17-12;13-10-6-4-9(5-7-10)12(15)11-3-1-2-8-14-11/h7-8,12-13,17-18H,3-6H2,1-2H3,(H2,16,19);4-7,11-12,14-15H,1-3,8,13H2. The number of benzene rings is 2.